The lowest BCUT2D eigenvalue weighted by molar-refractivity contribution is 0.845. The van der Waals surface area contributed by atoms with Gasteiger partial charge in [-0.25, -0.2) is 4.98 Å². The van der Waals surface area contributed by atoms with E-state index in [1.807, 2.05) is 38.2 Å². The fraction of sp³-hybridized carbons (Fsp3) is 0.167. The molecule has 0 bridgehead atoms. The summed E-state index contributed by atoms with van der Waals surface area (Å²) in [5.41, 5.74) is 2.30. The number of nitrogens with zero attached hydrogens (tertiary/aromatic N) is 3. The second-order valence-corrected chi connectivity index (χ2v) is 4.45. The minimum absolute atomic E-state index is 0.597. The Labute approximate surface area is 102 Å². The molecule has 1 heterocycles. The molecule has 0 aliphatic carbocycles. The molecule has 1 aromatic heterocycles. The molecule has 0 spiro atoms. The fourth-order valence-corrected chi connectivity index (χ4v) is 1.81. The monoisotopic (exact) mass is 275 g/mol. The van der Waals surface area contributed by atoms with Gasteiger partial charge in [0.15, 0.2) is 0 Å². The molecule has 0 radical (unpaired) electrons. The molecule has 4 heteroatoms. The third-order valence-corrected chi connectivity index (χ3v) is 3.07. The van der Waals surface area contributed by atoms with Crippen LogP contribution in [-0.4, -0.2) is 9.55 Å². The van der Waals surface area contributed by atoms with Crippen LogP contribution >= 0.6 is 15.9 Å². The Morgan fingerprint density at radius 2 is 1.94 bits per heavy atom. The first-order chi connectivity index (χ1) is 7.63. The quantitative estimate of drug-likeness (QED) is 0.803. The number of halogens is 1. The van der Waals surface area contributed by atoms with Crippen molar-refractivity contribution in [3.05, 3.63) is 40.3 Å². The van der Waals surface area contributed by atoms with Gasteiger partial charge in [-0.1, -0.05) is 28.1 Å². The summed E-state index contributed by atoms with van der Waals surface area (Å²) in [7, 11) is 1.85. The fourth-order valence-electron chi connectivity index (χ4n) is 1.55. The topological polar surface area (TPSA) is 41.6 Å². The molecule has 16 heavy (non-hydrogen) atoms. The number of hydrogen-bond acceptors (Lipinski definition) is 2. The van der Waals surface area contributed by atoms with Crippen LogP contribution in [-0.2, 0) is 7.05 Å². The molecule has 2 aromatic rings. The Bertz CT molecular complexity index is 561. The minimum atomic E-state index is 0.597. The van der Waals surface area contributed by atoms with Gasteiger partial charge in [-0.05, 0) is 19.1 Å². The minimum Gasteiger partial charge on any atom is -0.323 e. The summed E-state index contributed by atoms with van der Waals surface area (Å²) in [5, 5.41) is 9.11. The van der Waals surface area contributed by atoms with Gasteiger partial charge in [-0.3, -0.25) is 0 Å². The Morgan fingerprint density at radius 3 is 2.50 bits per heavy atom. The Hall–Kier alpha value is -1.60. The first kappa shape index (κ1) is 10.9. The maximum absolute atomic E-state index is 9.11. The smallest absolute Gasteiger partial charge is 0.147 e. The molecule has 0 saturated carbocycles. The molecule has 0 aliphatic rings. The van der Waals surface area contributed by atoms with Crippen LogP contribution in [0.2, 0.25) is 0 Å². The lowest BCUT2D eigenvalue weighted by atomic mass is 10.1. The van der Waals surface area contributed by atoms with E-state index in [1.54, 1.807) is 4.57 Å². The van der Waals surface area contributed by atoms with E-state index in [1.165, 1.54) is 0 Å². The van der Waals surface area contributed by atoms with E-state index < -0.39 is 0 Å². The summed E-state index contributed by atoms with van der Waals surface area (Å²) in [6.45, 7) is 1.89. The number of hydrogen-bond donors (Lipinski definition) is 0. The van der Waals surface area contributed by atoms with Crippen molar-refractivity contribution < 1.29 is 0 Å². The van der Waals surface area contributed by atoms with Crippen LogP contribution in [0.4, 0.5) is 0 Å². The maximum atomic E-state index is 9.11. The second kappa shape index (κ2) is 4.11. The third-order valence-electron chi connectivity index (χ3n) is 2.54. The predicted octanol–water partition coefficient (Wildman–Crippen LogP) is 3.03. The Kier molecular flexibility index (Phi) is 2.80. The van der Waals surface area contributed by atoms with Crippen molar-refractivity contribution in [2.24, 2.45) is 7.05 Å². The van der Waals surface area contributed by atoms with E-state index in [2.05, 4.69) is 27.0 Å². The van der Waals surface area contributed by atoms with Gasteiger partial charge < -0.3 is 4.57 Å². The molecule has 2 rings (SSSR count). The number of aromatic nitrogens is 2. The highest BCUT2D eigenvalue weighted by atomic mass is 79.9. The summed E-state index contributed by atoms with van der Waals surface area (Å²) < 4.78 is 2.82. The number of imidazole rings is 1. The molecule has 0 unspecified atom stereocenters. The molecule has 0 amide bonds. The van der Waals surface area contributed by atoms with E-state index in [0.29, 0.717) is 5.69 Å². The number of benzene rings is 1. The molecule has 80 valence electrons. The van der Waals surface area contributed by atoms with Gasteiger partial charge in [-0.15, -0.1) is 0 Å². The van der Waals surface area contributed by atoms with E-state index in [0.717, 1.165) is 21.6 Å². The molecule has 3 nitrogen and oxygen atoms in total. The van der Waals surface area contributed by atoms with Gasteiger partial charge in [-0.2, -0.15) is 5.26 Å². The van der Waals surface area contributed by atoms with Gasteiger partial charge in [0, 0.05) is 17.1 Å². The second-order valence-electron chi connectivity index (χ2n) is 3.53. The predicted molar refractivity (Wildman–Crippen MR) is 65.8 cm³/mol. The molecule has 0 saturated heterocycles. The van der Waals surface area contributed by atoms with E-state index in [9.17, 15) is 0 Å². The SMILES string of the molecule is Cc1nc(-c2ccc(Br)cc2)c(C#N)n1C. The van der Waals surface area contributed by atoms with Gasteiger partial charge in [0.25, 0.3) is 0 Å². The largest absolute Gasteiger partial charge is 0.323 e. The highest BCUT2D eigenvalue weighted by Gasteiger charge is 2.13. The number of nitriles is 1. The first-order valence-electron chi connectivity index (χ1n) is 4.83. The van der Waals surface area contributed by atoms with Crippen molar-refractivity contribution in [1.82, 2.24) is 9.55 Å². The number of aryl methyl sites for hydroxylation is 1. The maximum Gasteiger partial charge on any atom is 0.147 e. The molecule has 0 N–H and O–H groups in total. The van der Waals surface area contributed by atoms with Gasteiger partial charge in [0.1, 0.15) is 23.3 Å². The highest BCUT2D eigenvalue weighted by molar-refractivity contribution is 9.10. The number of rotatable bonds is 1. The molecule has 0 fully saturated rings. The molecule has 0 aliphatic heterocycles. The molecular weight excluding hydrogens is 266 g/mol. The first-order valence-corrected chi connectivity index (χ1v) is 5.62. The Balaban J connectivity index is 2.61. The lowest BCUT2D eigenvalue weighted by Gasteiger charge is -1.98. The van der Waals surface area contributed by atoms with Crippen molar-refractivity contribution in [1.29, 1.82) is 5.26 Å². The highest BCUT2D eigenvalue weighted by Crippen LogP contribution is 2.24. The van der Waals surface area contributed by atoms with Crippen LogP contribution in [0.25, 0.3) is 11.3 Å². The average Bonchev–Trinajstić information content (AvgIpc) is 2.56. The summed E-state index contributed by atoms with van der Waals surface area (Å²) in [6, 6.07) is 9.98. The van der Waals surface area contributed by atoms with Crippen LogP contribution in [0.5, 0.6) is 0 Å². The van der Waals surface area contributed by atoms with Gasteiger partial charge in [0.2, 0.25) is 0 Å². The van der Waals surface area contributed by atoms with Crippen molar-refractivity contribution >= 4 is 15.9 Å². The average molecular weight is 276 g/mol. The van der Waals surface area contributed by atoms with Crippen LogP contribution in [0.15, 0.2) is 28.7 Å². The molecule has 0 atom stereocenters. The van der Waals surface area contributed by atoms with Crippen molar-refractivity contribution in [2.75, 3.05) is 0 Å². The zero-order chi connectivity index (χ0) is 11.7. The molecule has 1 aromatic carbocycles. The van der Waals surface area contributed by atoms with Crippen LogP contribution in [0.3, 0.4) is 0 Å². The van der Waals surface area contributed by atoms with E-state index in [4.69, 9.17) is 5.26 Å². The van der Waals surface area contributed by atoms with Gasteiger partial charge >= 0.3 is 0 Å². The summed E-state index contributed by atoms with van der Waals surface area (Å²) in [4.78, 5) is 4.41. The van der Waals surface area contributed by atoms with E-state index >= 15 is 0 Å². The van der Waals surface area contributed by atoms with Gasteiger partial charge in [0.05, 0.1) is 0 Å². The summed E-state index contributed by atoms with van der Waals surface area (Å²) in [6.07, 6.45) is 0. The molecular formula is C12H10BrN3. The zero-order valence-corrected chi connectivity index (χ0v) is 10.6. The summed E-state index contributed by atoms with van der Waals surface area (Å²) >= 11 is 3.38. The normalized spacial score (nSPS) is 10.1. The Morgan fingerprint density at radius 1 is 1.31 bits per heavy atom. The lowest BCUT2D eigenvalue weighted by Crippen LogP contribution is -1.94. The van der Waals surface area contributed by atoms with Crippen molar-refractivity contribution in [2.45, 2.75) is 6.92 Å². The van der Waals surface area contributed by atoms with Crippen LogP contribution < -0.4 is 0 Å². The van der Waals surface area contributed by atoms with Crippen molar-refractivity contribution in [3.8, 4) is 17.3 Å². The summed E-state index contributed by atoms with van der Waals surface area (Å²) in [5.74, 6) is 0.842. The standard InChI is InChI=1S/C12H10BrN3/c1-8-15-12(11(7-14)16(8)2)9-3-5-10(13)6-4-9/h3-6H,1-2H3. The van der Waals surface area contributed by atoms with Crippen LogP contribution in [0.1, 0.15) is 11.5 Å². The zero-order valence-electron chi connectivity index (χ0n) is 9.03. The van der Waals surface area contributed by atoms with Crippen LogP contribution in [0, 0.1) is 18.3 Å². The van der Waals surface area contributed by atoms with Crippen molar-refractivity contribution in [3.63, 3.8) is 0 Å². The van der Waals surface area contributed by atoms with E-state index in [-0.39, 0.29) is 0 Å². The third kappa shape index (κ3) is 1.74.